The quantitative estimate of drug-likeness (QED) is 0.500. The molecule has 1 saturated heterocycles. The van der Waals surface area contributed by atoms with Gasteiger partial charge < -0.3 is 4.74 Å². The summed E-state index contributed by atoms with van der Waals surface area (Å²) in [5.41, 5.74) is 0.218. The summed E-state index contributed by atoms with van der Waals surface area (Å²) in [5, 5.41) is 4.91. The van der Waals surface area contributed by atoms with E-state index in [1.165, 1.54) is 6.92 Å². The molecule has 0 radical (unpaired) electrons. The van der Waals surface area contributed by atoms with Gasteiger partial charge in [-0.3, -0.25) is 0 Å². The summed E-state index contributed by atoms with van der Waals surface area (Å²) in [6.07, 6.45) is -1.74. The molecular formula is C14H13BrF3IN2O. The van der Waals surface area contributed by atoms with Crippen molar-refractivity contribution in [3.8, 4) is 0 Å². The van der Waals surface area contributed by atoms with Crippen LogP contribution in [0, 0.1) is 10.6 Å². The minimum absolute atomic E-state index is 0.0569. The molecule has 2 heterocycles. The van der Waals surface area contributed by atoms with E-state index in [0.717, 1.165) is 19.3 Å². The fourth-order valence-corrected chi connectivity index (χ4v) is 4.90. The van der Waals surface area contributed by atoms with Gasteiger partial charge in [-0.15, -0.1) is 0 Å². The Balaban J connectivity index is 2.23. The third kappa shape index (κ3) is 2.77. The van der Waals surface area contributed by atoms with Crippen molar-refractivity contribution in [1.82, 2.24) is 9.78 Å². The van der Waals surface area contributed by atoms with Gasteiger partial charge in [0.05, 0.1) is 11.1 Å². The zero-order valence-electron chi connectivity index (χ0n) is 11.7. The molecule has 2 aromatic rings. The molecule has 1 atom stereocenters. The fourth-order valence-electron chi connectivity index (χ4n) is 2.82. The highest BCUT2D eigenvalue weighted by atomic mass is 127. The van der Waals surface area contributed by atoms with E-state index in [-0.39, 0.29) is 16.3 Å². The van der Waals surface area contributed by atoms with Gasteiger partial charge in [0.1, 0.15) is 3.70 Å². The van der Waals surface area contributed by atoms with Crippen molar-refractivity contribution in [2.24, 2.45) is 0 Å². The van der Waals surface area contributed by atoms with Gasteiger partial charge >= 0.3 is 6.18 Å². The van der Waals surface area contributed by atoms with Crippen LogP contribution >= 0.6 is 38.5 Å². The molecule has 120 valence electrons. The van der Waals surface area contributed by atoms with Crippen molar-refractivity contribution in [2.75, 3.05) is 6.61 Å². The van der Waals surface area contributed by atoms with E-state index in [1.54, 1.807) is 10.7 Å². The lowest BCUT2D eigenvalue weighted by Gasteiger charge is -2.23. The normalized spacial score (nSPS) is 19.8. The van der Waals surface area contributed by atoms with E-state index in [1.807, 2.05) is 22.6 Å². The molecule has 8 heteroatoms. The zero-order valence-corrected chi connectivity index (χ0v) is 15.4. The van der Waals surface area contributed by atoms with E-state index in [0.29, 0.717) is 21.2 Å². The number of ether oxygens (including phenoxy) is 1. The van der Waals surface area contributed by atoms with Crippen molar-refractivity contribution in [1.29, 1.82) is 0 Å². The van der Waals surface area contributed by atoms with Crippen molar-refractivity contribution in [2.45, 2.75) is 38.6 Å². The summed E-state index contributed by atoms with van der Waals surface area (Å²) in [7, 11) is 0. The molecule has 22 heavy (non-hydrogen) atoms. The molecule has 0 bridgehead atoms. The third-order valence-corrected chi connectivity index (χ3v) is 5.35. The lowest BCUT2D eigenvalue weighted by Crippen LogP contribution is -2.19. The zero-order chi connectivity index (χ0) is 16.1. The molecule has 3 rings (SSSR count). The number of hydrogen-bond donors (Lipinski definition) is 0. The third-order valence-electron chi connectivity index (χ3n) is 3.80. The summed E-state index contributed by atoms with van der Waals surface area (Å²) in [5.74, 6) is 0. The van der Waals surface area contributed by atoms with Crippen molar-refractivity contribution < 1.29 is 17.9 Å². The SMILES string of the molecule is Cc1cc2c(c(I)nn2C2CCCCO2)c(Br)c1C(F)(F)F. The molecule has 0 saturated carbocycles. The van der Waals surface area contributed by atoms with Gasteiger partial charge in [-0.1, -0.05) is 0 Å². The number of rotatable bonds is 1. The summed E-state index contributed by atoms with van der Waals surface area (Å²) in [4.78, 5) is 0. The summed E-state index contributed by atoms with van der Waals surface area (Å²) in [6.45, 7) is 2.13. The highest BCUT2D eigenvalue weighted by Crippen LogP contribution is 2.43. The van der Waals surface area contributed by atoms with Crippen LogP contribution in [0.3, 0.4) is 0 Å². The smallest absolute Gasteiger partial charge is 0.356 e. The van der Waals surface area contributed by atoms with Gasteiger partial charge in [0, 0.05) is 16.5 Å². The number of fused-ring (bicyclic) bond motifs is 1. The topological polar surface area (TPSA) is 27.1 Å². The van der Waals surface area contributed by atoms with Crippen molar-refractivity contribution in [3.63, 3.8) is 0 Å². The van der Waals surface area contributed by atoms with Crippen LogP contribution < -0.4 is 0 Å². The van der Waals surface area contributed by atoms with Gasteiger partial charge in [0.2, 0.25) is 0 Å². The second-order valence-electron chi connectivity index (χ2n) is 5.33. The van der Waals surface area contributed by atoms with E-state index in [2.05, 4.69) is 21.0 Å². The molecule has 1 aromatic heterocycles. The maximum atomic E-state index is 13.2. The van der Waals surface area contributed by atoms with Crippen molar-refractivity contribution in [3.05, 3.63) is 25.4 Å². The Morgan fingerprint density at radius 3 is 2.73 bits per heavy atom. The second kappa shape index (κ2) is 5.94. The number of aromatic nitrogens is 2. The fraction of sp³-hybridized carbons (Fsp3) is 0.500. The van der Waals surface area contributed by atoms with E-state index in [4.69, 9.17) is 4.74 Å². The van der Waals surface area contributed by atoms with Crippen LogP contribution in [0.5, 0.6) is 0 Å². The van der Waals surface area contributed by atoms with Crippen LogP contribution in [0.25, 0.3) is 10.9 Å². The number of nitrogens with zero attached hydrogens (tertiary/aromatic N) is 2. The summed E-state index contributed by atoms with van der Waals surface area (Å²) in [6, 6.07) is 1.55. The highest BCUT2D eigenvalue weighted by Gasteiger charge is 2.37. The average Bonchev–Trinajstić information content (AvgIpc) is 2.75. The van der Waals surface area contributed by atoms with Gasteiger partial charge in [-0.05, 0) is 76.3 Å². The Hall–Kier alpha value is -0.350. The molecule has 0 spiro atoms. The Morgan fingerprint density at radius 2 is 2.14 bits per heavy atom. The monoisotopic (exact) mass is 488 g/mol. The predicted octanol–water partition coefficient (Wildman–Crippen LogP) is 5.43. The maximum absolute atomic E-state index is 13.2. The summed E-state index contributed by atoms with van der Waals surface area (Å²) >= 11 is 5.11. The molecule has 1 aromatic carbocycles. The van der Waals surface area contributed by atoms with Crippen LogP contribution in [0.2, 0.25) is 0 Å². The van der Waals surface area contributed by atoms with Gasteiger partial charge in [-0.2, -0.15) is 18.3 Å². The van der Waals surface area contributed by atoms with Gasteiger partial charge in [-0.25, -0.2) is 4.68 Å². The first-order valence-corrected chi connectivity index (χ1v) is 8.73. The van der Waals surface area contributed by atoms with Crippen LogP contribution in [0.1, 0.15) is 36.6 Å². The number of halogens is 5. The first-order valence-electron chi connectivity index (χ1n) is 6.86. The average molecular weight is 489 g/mol. The molecule has 1 aliphatic rings. The molecule has 1 unspecified atom stereocenters. The van der Waals surface area contributed by atoms with E-state index in [9.17, 15) is 13.2 Å². The largest absolute Gasteiger partial charge is 0.417 e. The molecule has 0 N–H and O–H groups in total. The first-order chi connectivity index (χ1) is 10.3. The highest BCUT2D eigenvalue weighted by molar-refractivity contribution is 14.1. The van der Waals surface area contributed by atoms with Gasteiger partial charge in [0.25, 0.3) is 0 Å². The Labute approximate surface area is 147 Å². The molecule has 1 fully saturated rings. The Morgan fingerprint density at radius 1 is 1.41 bits per heavy atom. The Bertz CT molecular complexity index is 723. The minimum Gasteiger partial charge on any atom is -0.356 e. The molecule has 3 nitrogen and oxygen atoms in total. The van der Waals surface area contributed by atoms with Crippen LogP contribution in [0.15, 0.2) is 10.5 Å². The standard InChI is InChI=1S/C14H13BrF3IN2O/c1-7-6-8-10(12(15)11(7)14(16,17)18)13(19)20-21(8)9-4-2-3-5-22-9/h6,9H,2-5H2,1H3. The van der Waals surface area contributed by atoms with Gasteiger partial charge in [0.15, 0.2) is 6.23 Å². The summed E-state index contributed by atoms with van der Waals surface area (Å²) < 4.78 is 47.8. The Kier molecular flexibility index (Phi) is 4.45. The minimum atomic E-state index is -4.40. The lowest BCUT2D eigenvalue weighted by molar-refractivity contribution is -0.138. The van der Waals surface area contributed by atoms with Crippen LogP contribution in [-0.4, -0.2) is 16.4 Å². The van der Waals surface area contributed by atoms with E-state index < -0.39 is 11.7 Å². The molecule has 1 aliphatic heterocycles. The van der Waals surface area contributed by atoms with Crippen LogP contribution in [0.4, 0.5) is 13.2 Å². The molecule has 0 amide bonds. The van der Waals surface area contributed by atoms with Crippen LogP contribution in [-0.2, 0) is 10.9 Å². The van der Waals surface area contributed by atoms with E-state index >= 15 is 0 Å². The lowest BCUT2D eigenvalue weighted by atomic mass is 10.1. The molecular weight excluding hydrogens is 476 g/mol. The number of alkyl halides is 3. The van der Waals surface area contributed by atoms with Crippen molar-refractivity contribution >= 4 is 49.4 Å². The predicted molar refractivity (Wildman–Crippen MR) is 88.7 cm³/mol. The number of benzene rings is 1. The molecule has 0 aliphatic carbocycles. The second-order valence-corrected chi connectivity index (χ2v) is 7.15. The first kappa shape index (κ1) is 16.5. The number of hydrogen-bond acceptors (Lipinski definition) is 2. The number of aryl methyl sites for hydroxylation is 1. The maximum Gasteiger partial charge on any atom is 0.417 e.